The fourth-order valence-electron chi connectivity index (χ4n) is 2.82. The molecule has 0 aliphatic heterocycles. The van der Waals surface area contributed by atoms with E-state index in [1.165, 1.54) is 0 Å². The maximum absolute atomic E-state index is 12.3. The summed E-state index contributed by atoms with van der Waals surface area (Å²) in [5.74, 6) is -0.794. The van der Waals surface area contributed by atoms with E-state index in [-0.39, 0.29) is 29.6 Å². The molecule has 110 valence electrons. The summed E-state index contributed by atoms with van der Waals surface area (Å²) < 4.78 is 0. The van der Waals surface area contributed by atoms with Crippen LogP contribution in [0.1, 0.15) is 44.1 Å². The van der Waals surface area contributed by atoms with Gasteiger partial charge < -0.3 is 5.53 Å². The van der Waals surface area contributed by atoms with E-state index < -0.39 is 0 Å². The van der Waals surface area contributed by atoms with Crippen LogP contribution >= 0.6 is 0 Å². The van der Waals surface area contributed by atoms with Crippen LogP contribution in [0.25, 0.3) is 5.53 Å². The van der Waals surface area contributed by atoms with Crippen LogP contribution in [0.2, 0.25) is 0 Å². The highest BCUT2D eigenvalue weighted by atomic mass is 16.2. The summed E-state index contributed by atoms with van der Waals surface area (Å²) in [5, 5.41) is 0. The van der Waals surface area contributed by atoms with Crippen molar-refractivity contribution < 1.29 is 14.4 Å². The maximum atomic E-state index is 12.3. The van der Waals surface area contributed by atoms with Gasteiger partial charge in [0.2, 0.25) is 5.78 Å². The highest BCUT2D eigenvalue weighted by Crippen LogP contribution is 2.24. The lowest BCUT2D eigenvalue weighted by Gasteiger charge is -2.17. The second-order valence-electron chi connectivity index (χ2n) is 5.56. The van der Waals surface area contributed by atoms with Crippen molar-refractivity contribution in [1.82, 2.24) is 0 Å². The Morgan fingerprint density at radius 3 is 2.38 bits per heavy atom. The Kier molecular flexibility index (Phi) is 5.59. The van der Waals surface area contributed by atoms with Gasteiger partial charge >= 0.3 is 5.71 Å². The minimum Gasteiger partial charge on any atom is -0.360 e. The van der Waals surface area contributed by atoms with Crippen LogP contribution in [0.3, 0.4) is 0 Å². The van der Waals surface area contributed by atoms with Crippen molar-refractivity contribution in [3.63, 3.8) is 0 Å². The summed E-state index contributed by atoms with van der Waals surface area (Å²) in [4.78, 5) is 27.4. The Labute approximate surface area is 124 Å². The first kappa shape index (κ1) is 15.3. The molecule has 1 aromatic rings. The summed E-state index contributed by atoms with van der Waals surface area (Å²) in [5.41, 5.74) is 9.81. The van der Waals surface area contributed by atoms with Crippen molar-refractivity contribution in [1.29, 1.82) is 0 Å². The fourth-order valence-corrected chi connectivity index (χ4v) is 2.82. The lowest BCUT2D eigenvalue weighted by molar-refractivity contribution is -0.126. The van der Waals surface area contributed by atoms with E-state index in [0.29, 0.717) is 6.42 Å². The molecule has 4 nitrogen and oxygen atoms in total. The molecule has 0 atom stereocenters. The van der Waals surface area contributed by atoms with Crippen LogP contribution in [0.5, 0.6) is 0 Å². The third-order valence-electron chi connectivity index (χ3n) is 4.06. The van der Waals surface area contributed by atoms with Crippen molar-refractivity contribution in [2.75, 3.05) is 0 Å². The van der Waals surface area contributed by atoms with E-state index in [1.807, 2.05) is 30.3 Å². The van der Waals surface area contributed by atoms with Gasteiger partial charge in [-0.15, -0.1) is 0 Å². The normalized spacial score (nSPS) is 15.2. The smallest absolute Gasteiger partial charge is 0.360 e. The number of aryl methyl sites for hydroxylation is 1. The highest BCUT2D eigenvalue weighted by Gasteiger charge is 2.35. The van der Waals surface area contributed by atoms with Crippen LogP contribution in [0.15, 0.2) is 30.3 Å². The van der Waals surface area contributed by atoms with Crippen molar-refractivity contribution in [3.8, 4) is 0 Å². The Hall–Kier alpha value is -2.06. The summed E-state index contributed by atoms with van der Waals surface area (Å²) in [6, 6.07) is 9.61. The SMILES string of the molecule is [N-]=[N+]=C(C(=O)CCc1ccccc1)C(=O)C1CCCCC1. The van der Waals surface area contributed by atoms with Crippen LogP contribution in [-0.2, 0) is 16.0 Å². The molecule has 2 rings (SSSR count). The molecule has 21 heavy (non-hydrogen) atoms. The van der Waals surface area contributed by atoms with E-state index in [2.05, 4.69) is 4.79 Å². The third kappa shape index (κ3) is 4.20. The zero-order valence-corrected chi connectivity index (χ0v) is 12.1. The van der Waals surface area contributed by atoms with E-state index >= 15 is 0 Å². The predicted octanol–water partition coefficient (Wildman–Crippen LogP) is 3.01. The second kappa shape index (κ2) is 7.65. The predicted molar refractivity (Wildman–Crippen MR) is 80.0 cm³/mol. The van der Waals surface area contributed by atoms with Gasteiger partial charge in [-0.05, 0) is 24.8 Å². The molecule has 0 heterocycles. The Bertz CT molecular complexity index is 553. The molecule has 0 bridgehead atoms. The van der Waals surface area contributed by atoms with Crippen LogP contribution < -0.4 is 0 Å². The molecule has 0 saturated heterocycles. The van der Waals surface area contributed by atoms with Crippen molar-refractivity contribution in [2.24, 2.45) is 5.92 Å². The summed E-state index contributed by atoms with van der Waals surface area (Å²) in [7, 11) is 0. The molecule has 0 radical (unpaired) electrons. The van der Waals surface area contributed by atoms with Crippen LogP contribution in [0.4, 0.5) is 0 Å². The quantitative estimate of drug-likeness (QED) is 0.348. The molecule has 1 aromatic carbocycles. The Morgan fingerprint density at radius 2 is 1.76 bits per heavy atom. The molecule has 1 fully saturated rings. The first-order chi connectivity index (χ1) is 10.2. The molecule has 1 aliphatic rings. The Balaban J connectivity index is 1.95. The number of ketones is 2. The van der Waals surface area contributed by atoms with Gasteiger partial charge in [-0.2, -0.15) is 4.79 Å². The number of hydrogen-bond acceptors (Lipinski definition) is 2. The van der Waals surface area contributed by atoms with Crippen molar-refractivity contribution >= 4 is 17.3 Å². The highest BCUT2D eigenvalue weighted by molar-refractivity contribution is 6.64. The second-order valence-corrected chi connectivity index (χ2v) is 5.56. The average molecular weight is 284 g/mol. The third-order valence-corrected chi connectivity index (χ3v) is 4.06. The molecule has 4 heteroatoms. The van der Waals surface area contributed by atoms with Gasteiger partial charge in [0.15, 0.2) is 0 Å². The average Bonchev–Trinajstić information content (AvgIpc) is 2.55. The molecule has 1 aliphatic carbocycles. The lowest BCUT2D eigenvalue weighted by Crippen LogP contribution is -2.32. The number of Topliss-reactive ketones (excluding diaryl/α,β-unsaturated/α-hetero) is 2. The monoisotopic (exact) mass is 284 g/mol. The topological polar surface area (TPSA) is 70.5 Å². The van der Waals surface area contributed by atoms with Crippen molar-refractivity contribution in [2.45, 2.75) is 44.9 Å². The molecule has 0 spiro atoms. The first-order valence-electron chi connectivity index (χ1n) is 7.55. The number of hydrogen-bond donors (Lipinski definition) is 0. The molecule has 1 saturated carbocycles. The first-order valence-corrected chi connectivity index (χ1v) is 7.55. The standard InChI is InChI=1S/C17H20N2O2/c18-19-16(17(21)14-9-5-2-6-10-14)15(20)12-11-13-7-3-1-4-8-13/h1,3-4,7-8,14H,2,5-6,9-12H2. The number of rotatable bonds is 6. The van der Waals surface area contributed by atoms with Crippen LogP contribution in [-0.4, -0.2) is 22.1 Å². The van der Waals surface area contributed by atoms with E-state index in [9.17, 15) is 9.59 Å². The zero-order valence-electron chi connectivity index (χ0n) is 12.1. The molecule has 0 N–H and O–H groups in total. The molecular weight excluding hydrogens is 264 g/mol. The molecule has 0 aromatic heterocycles. The van der Waals surface area contributed by atoms with Gasteiger partial charge in [-0.1, -0.05) is 49.6 Å². The van der Waals surface area contributed by atoms with Gasteiger partial charge in [-0.25, -0.2) is 0 Å². The minimum absolute atomic E-state index is 0.148. The van der Waals surface area contributed by atoms with Crippen LogP contribution in [0, 0.1) is 5.92 Å². The number of benzene rings is 1. The lowest BCUT2D eigenvalue weighted by atomic mass is 9.83. The summed E-state index contributed by atoms with van der Waals surface area (Å²) in [6.07, 6.45) is 5.49. The van der Waals surface area contributed by atoms with Gasteiger partial charge in [0.25, 0.3) is 5.78 Å². The van der Waals surface area contributed by atoms with Gasteiger partial charge in [0, 0.05) is 12.3 Å². The molecule has 0 unspecified atom stereocenters. The number of nitrogens with zero attached hydrogens (tertiary/aromatic N) is 2. The Morgan fingerprint density at radius 1 is 1.10 bits per heavy atom. The van der Waals surface area contributed by atoms with E-state index in [0.717, 1.165) is 37.7 Å². The largest absolute Gasteiger partial charge is 0.400 e. The summed E-state index contributed by atoms with van der Waals surface area (Å²) >= 11 is 0. The minimum atomic E-state index is -0.364. The summed E-state index contributed by atoms with van der Waals surface area (Å²) in [6.45, 7) is 0. The fraction of sp³-hybridized carbons (Fsp3) is 0.471. The number of carbonyl (C=O) groups is 2. The number of carbonyl (C=O) groups excluding carboxylic acids is 2. The molecular formula is C17H20N2O2. The van der Waals surface area contributed by atoms with Gasteiger partial charge in [0.05, 0.1) is 0 Å². The van der Waals surface area contributed by atoms with E-state index in [4.69, 9.17) is 5.53 Å². The molecule has 0 amide bonds. The van der Waals surface area contributed by atoms with Gasteiger partial charge in [0.1, 0.15) is 0 Å². The van der Waals surface area contributed by atoms with E-state index in [1.54, 1.807) is 0 Å². The zero-order chi connectivity index (χ0) is 15.1. The van der Waals surface area contributed by atoms with Crippen molar-refractivity contribution in [3.05, 3.63) is 41.4 Å². The maximum Gasteiger partial charge on any atom is 0.400 e. The van der Waals surface area contributed by atoms with Gasteiger partial charge in [-0.3, -0.25) is 9.59 Å².